The fraction of sp³-hybridized carbons (Fsp3) is 0.211. The van der Waals surface area contributed by atoms with E-state index in [0.717, 1.165) is 7.11 Å². The molecule has 0 saturated carbocycles. The fourth-order valence-corrected chi connectivity index (χ4v) is 1.39. The smallest absolute Gasteiger partial charge is 0.160 e. The molecule has 0 fully saturated rings. The van der Waals surface area contributed by atoms with Crippen molar-refractivity contribution in [2.24, 2.45) is 0 Å². The quantitative estimate of drug-likeness (QED) is 0.486. The lowest BCUT2D eigenvalue weighted by Gasteiger charge is -2.04. The molecule has 132 valence electrons. The molecule has 0 saturated heterocycles. The number of hydrogen-bond donors (Lipinski definition) is 1. The molecule has 0 radical (unpaired) electrons. The minimum Gasteiger partial charge on any atom is -0.493 e. The molecule has 0 aliphatic carbocycles. The molecule has 5 heteroatoms. The number of carbonyl (C=O) groups is 1. The van der Waals surface area contributed by atoms with Gasteiger partial charge in [-0.1, -0.05) is 31.4 Å². The number of carbonyl (C=O) groups excluding carboxylic acids is 1. The summed E-state index contributed by atoms with van der Waals surface area (Å²) in [5.41, 5.74) is 0.699. The third kappa shape index (κ3) is 11.0. The van der Waals surface area contributed by atoms with Crippen LogP contribution in [0.5, 0.6) is 0 Å². The van der Waals surface area contributed by atoms with Crippen molar-refractivity contribution >= 4 is 11.9 Å². The molecule has 24 heavy (non-hydrogen) atoms. The fourth-order valence-electron chi connectivity index (χ4n) is 1.39. The molecule has 0 amide bonds. The normalized spacial score (nSPS) is 10.2. The Morgan fingerprint density at radius 3 is 1.96 bits per heavy atom. The van der Waals surface area contributed by atoms with Crippen molar-refractivity contribution in [2.45, 2.75) is 6.92 Å². The number of allylic oxidation sites excluding steroid dienone is 3. The Kier molecular flexibility index (Phi) is 15.0. The molecule has 0 unspecified atom stereocenters. The van der Waals surface area contributed by atoms with Gasteiger partial charge in [0.2, 0.25) is 0 Å². The van der Waals surface area contributed by atoms with Gasteiger partial charge < -0.3 is 14.6 Å². The zero-order chi connectivity index (χ0) is 19.0. The van der Waals surface area contributed by atoms with Gasteiger partial charge in [-0.2, -0.15) is 0 Å². The van der Waals surface area contributed by atoms with E-state index in [2.05, 4.69) is 13.2 Å². The van der Waals surface area contributed by atoms with E-state index in [1.807, 2.05) is 0 Å². The van der Waals surface area contributed by atoms with Gasteiger partial charge in [0.05, 0.1) is 14.2 Å². The van der Waals surface area contributed by atoms with E-state index in [9.17, 15) is 9.18 Å². The average Bonchev–Trinajstić information content (AvgIpc) is 2.60. The molecular formula is C19H25FO4. The number of aliphatic hydroxyl groups excluding tert-OH is 1. The molecule has 0 bridgehead atoms. The largest absolute Gasteiger partial charge is 0.493 e. The van der Waals surface area contributed by atoms with Gasteiger partial charge in [0, 0.05) is 7.11 Å². The van der Waals surface area contributed by atoms with Crippen molar-refractivity contribution in [3.63, 3.8) is 0 Å². The molecule has 0 atom stereocenters. The highest BCUT2D eigenvalue weighted by Crippen LogP contribution is 2.07. The topological polar surface area (TPSA) is 55.8 Å². The highest BCUT2D eigenvalue weighted by molar-refractivity contribution is 5.91. The van der Waals surface area contributed by atoms with Crippen LogP contribution in [0.4, 0.5) is 4.39 Å². The third-order valence-electron chi connectivity index (χ3n) is 2.41. The van der Waals surface area contributed by atoms with Gasteiger partial charge in [-0.05, 0) is 42.8 Å². The van der Waals surface area contributed by atoms with Crippen LogP contribution >= 0.6 is 0 Å². The highest BCUT2D eigenvalue weighted by atomic mass is 19.1. The van der Waals surface area contributed by atoms with Crippen molar-refractivity contribution in [3.05, 3.63) is 78.6 Å². The van der Waals surface area contributed by atoms with Gasteiger partial charge in [0.1, 0.15) is 5.82 Å². The van der Waals surface area contributed by atoms with Gasteiger partial charge in [0.25, 0.3) is 0 Å². The number of aliphatic hydroxyl groups is 1. The van der Waals surface area contributed by atoms with Crippen molar-refractivity contribution in [1.29, 1.82) is 0 Å². The monoisotopic (exact) mass is 336 g/mol. The summed E-state index contributed by atoms with van der Waals surface area (Å²) >= 11 is 0. The highest BCUT2D eigenvalue weighted by Gasteiger charge is 1.97. The van der Waals surface area contributed by atoms with Crippen LogP contribution in [0.1, 0.15) is 12.5 Å². The molecule has 1 rings (SSSR count). The zero-order valence-corrected chi connectivity index (χ0v) is 14.6. The Labute approximate surface area is 143 Å². The minimum atomic E-state index is -0.291. The van der Waals surface area contributed by atoms with E-state index in [0.29, 0.717) is 17.1 Å². The molecule has 4 nitrogen and oxygen atoms in total. The SMILES string of the molecule is C=C/C(OC)=C(\C=C)OC.CC(=O)/C=C/c1cccc(F)c1.CO. The molecule has 0 spiro atoms. The first-order valence-corrected chi connectivity index (χ1v) is 6.94. The second-order valence-electron chi connectivity index (χ2n) is 4.04. The van der Waals surface area contributed by atoms with E-state index < -0.39 is 0 Å². The lowest BCUT2D eigenvalue weighted by molar-refractivity contribution is -0.112. The molecular weight excluding hydrogens is 311 g/mol. The summed E-state index contributed by atoms with van der Waals surface area (Å²) in [6, 6.07) is 6.09. The minimum absolute atomic E-state index is 0.0424. The maximum Gasteiger partial charge on any atom is 0.160 e. The van der Waals surface area contributed by atoms with Crippen LogP contribution in [-0.2, 0) is 14.3 Å². The molecule has 0 aliphatic rings. The summed E-state index contributed by atoms with van der Waals surface area (Å²) in [6.07, 6.45) is 6.14. The van der Waals surface area contributed by atoms with Gasteiger partial charge in [-0.25, -0.2) is 4.39 Å². The van der Waals surface area contributed by atoms with Crippen LogP contribution in [-0.4, -0.2) is 32.2 Å². The van der Waals surface area contributed by atoms with E-state index in [1.54, 1.807) is 44.6 Å². The summed E-state index contributed by atoms with van der Waals surface area (Å²) in [4.78, 5) is 10.5. The Bertz CT molecular complexity index is 556. The van der Waals surface area contributed by atoms with E-state index in [-0.39, 0.29) is 11.6 Å². The number of halogens is 1. The number of hydrogen-bond acceptors (Lipinski definition) is 4. The van der Waals surface area contributed by atoms with Crippen molar-refractivity contribution in [2.75, 3.05) is 21.3 Å². The molecule has 1 aromatic carbocycles. The lowest BCUT2D eigenvalue weighted by atomic mass is 10.2. The van der Waals surface area contributed by atoms with Crippen molar-refractivity contribution in [1.82, 2.24) is 0 Å². The Morgan fingerprint density at radius 2 is 1.62 bits per heavy atom. The molecule has 1 N–H and O–H groups in total. The first-order chi connectivity index (χ1) is 11.5. The number of ketones is 1. The summed E-state index contributed by atoms with van der Waals surface area (Å²) in [5, 5.41) is 7.00. The summed E-state index contributed by atoms with van der Waals surface area (Å²) in [6.45, 7) is 8.53. The molecule has 0 aromatic heterocycles. The number of rotatable bonds is 6. The maximum absolute atomic E-state index is 12.6. The van der Waals surface area contributed by atoms with Crippen molar-refractivity contribution in [3.8, 4) is 0 Å². The standard InChI is InChI=1S/C10H9FO.C8H12O2.CH4O/c1-8(12)5-6-9-3-2-4-10(11)7-9;1-5-7(9-3)8(6-2)10-4;1-2/h2-7H,1H3;5-6H,1-2H2,3-4H3;2H,1H3/b6-5+;8-7-;. The summed E-state index contributed by atoms with van der Waals surface area (Å²) in [5.74, 6) is 0.856. The number of benzene rings is 1. The zero-order valence-electron chi connectivity index (χ0n) is 14.6. The van der Waals surface area contributed by atoms with E-state index in [4.69, 9.17) is 14.6 Å². The van der Waals surface area contributed by atoms with Gasteiger partial charge >= 0.3 is 0 Å². The molecule has 1 aromatic rings. The van der Waals surface area contributed by atoms with Crippen LogP contribution in [0, 0.1) is 5.82 Å². The number of methoxy groups -OCH3 is 2. The second-order valence-corrected chi connectivity index (χ2v) is 4.04. The van der Waals surface area contributed by atoms with Gasteiger partial charge in [0.15, 0.2) is 17.3 Å². The Balaban J connectivity index is 0. The maximum atomic E-state index is 12.6. The van der Waals surface area contributed by atoms with E-state index >= 15 is 0 Å². The first kappa shape index (κ1) is 23.6. The predicted molar refractivity (Wildman–Crippen MR) is 95.7 cm³/mol. The van der Waals surface area contributed by atoms with Crippen LogP contribution in [0.25, 0.3) is 6.08 Å². The predicted octanol–water partition coefficient (Wildman–Crippen LogP) is 3.90. The van der Waals surface area contributed by atoms with Crippen LogP contribution in [0.2, 0.25) is 0 Å². The lowest BCUT2D eigenvalue weighted by Crippen LogP contribution is -1.90. The second kappa shape index (κ2) is 15.2. The third-order valence-corrected chi connectivity index (χ3v) is 2.41. The Morgan fingerprint density at radius 1 is 1.12 bits per heavy atom. The van der Waals surface area contributed by atoms with Gasteiger partial charge in [-0.15, -0.1) is 0 Å². The van der Waals surface area contributed by atoms with Crippen LogP contribution < -0.4 is 0 Å². The molecule has 0 heterocycles. The Hall–Kier alpha value is -2.66. The summed E-state index contributed by atoms with van der Waals surface area (Å²) in [7, 11) is 4.11. The summed E-state index contributed by atoms with van der Waals surface area (Å²) < 4.78 is 22.4. The first-order valence-electron chi connectivity index (χ1n) is 6.94. The number of ether oxygens (including phenoxy) is 2. The average molecular weight is 336 g/mol. The van der Waals surface area contributed by atoms with E-state index in [1.165, 1.54) is 25.1 Å². The molecule has 0 aliphatic heterocycles. The van der Waals surface area contributed by atoms with Crippen molar-refractivity contribution < 1.29 is 23.8 Å². The van der Waals surface area contributed by atoms with Gasteiger partial charge in [-0.3, -0.25) is 4.79 Å². The van der Waals surface area contributed by atoms with Crippen LogP contribution in [0.3, 0.4) is 0 Å². The van der Waals surface area contributed by atoms with Crippen LogP contribution in [0.15, 0.2) is 67.2 Å².